The summed E-state index contributed by atoms with van der Waals surface area (Å²) in [5.41, 5.74) is 4.35. The van der Waals surface area contributed by atoms with Gasteiger partial charge in [0.1, 0.15) is 11.2 Å². The van der Waals surface area contributed by atoms with E-state index in [0.717, 1.165) is 11.1 Å². The molecule has 1 heterocycles. The summed E-state index contributed by atoms with van der Waals surface area (Å²) in [6.07, 6.45) is 0. The maximum Gasteiger partial charge on any atom is 0.143 e. The normalized spacial score (nSPS) is 14.0. The lowest BCUT2D eigenvalue weighted by Gasteiger charge is -2.26. The van der Waals surface area contributed by atoms with Gasteiger partial charge in [0.25, 0.3) is 0 Å². The van der Waals surface area contributed by atoms with E-state index < -0.39 is 12.1 Å². The van der Waals surface area contributed by atoms with E-state index in [4.69, 9.17) is 12.6 Å². The molecule has 7 aromatic carbocycles. The van der Waals surface area contributed by atoms with Gasteiger partial charge in [0.05, 0.1) is 22.0 Å². The summed E-state index contributed by atoms with van der Waals surface area (Å²) >= 11 is 0. The van der Waals surface area contributed by atoms with Crippen LogP contribution in [-0.2, 0) is 0 Å². The van der Waals surface area contributed by atoms with Gasteiger partial charge in [0, 0.05) is 22.1 Å². The van der Waals surface area contributed by atoms with E-state index in [1.165, 1.54) is 0 Å². The number of furan rings is 1. The number of para-hydroxylation sites is 1. The van der Waals surface area contributed by atoms with E-state index in [2.05, 4.69) is 0 Å². The standard InChI is InChI=1S/C40H27NO/c1-4-13-28(14-5-1)29-23-25-32(26-24-29)41(31-17-8-3-9-18-31)37-21-12-22-38-39(37)36-27-35(30-15-6-2-7-16-30)33-19-10-11-20-34(33)40(36)42-38/h1-27H/i10D,11D,12D,19D,20D,21D,22D,27D. The van der Waals surface area contributed by atoms with E-state index >= 15 is 0 Å². The van der Waals surface area contributed by atoms with Crippen LogP contribution in [0.25, 0.3) is 55.0 Å². The molecule has 0 N–H and O–H groups in total. The van der Waals surface area contributed by atoms with E-state index in [0.29, 0.717) is 16.9 Å². The number of rotatable bonds is 5. The predicted octanol–water partition coefficient (Wildman–Crippen LogP) is 11.5. The molecule has 0 aliphatic carbocycles. The average Bonchev–Trinajstić information content (AvgIpc) is 3.56. The van der Waals surface area contributed by atoms with Gasteiger partial charge in [-0.15, -0.1) is 0 Å². The fourth-order valence-corrected chi connectivity index (χ4v) is 5.51. The Bertz CT molecular complexity index is 2610. The quantitative estimate of drug-likeness (QED) is 0.214. The van der Waals surface area contributed by atoms with Crippen LogP contribution < -0.4 is 4.90 Å². The molecule has 8 aromatic rings. The fourth-order valence-electron chi connectivity index (χ4n) is 5.51. The SMILES string of the molecule is [2H]c1c([2H])c(N(c2ccccc2)c2ccc(-c3ccccc3)cc2)c2c(oc3c4c([2H])c([2H])c([2H])c([2H])c4c(-c4ccccc4)c([2H])c32)c1[2H]. The Morgan fingerprint density at radius 3 is 1.81 bits per heavy atom. The van der Waals surface area contributed by atoms with Crippen molar-refractivity contribution >= 4 is 49.8 Å². The van der Waals surface area contributed by atoms with Crippen LogP contribution in [0.5, 0.6) is 0 Å². The minimum absolute atomic E-state index is 0.00105. The van der Waals surface area contributed by atoms with Crippen LogP contribution in [0.1, 0.15) is 11.0 Å². The Kier molecular flexibility index (Phi) is 4.15. The molecule has 0 aliphatic heterocycles. The van der Waals surface area contributed by atoms with Gasteiger partial charge in [-0.3, -0.25) is 0 Å². The molecule has 0 aliphatic rings. The summed E-state index contributed by atoms with van der Waals surface area (Å²) in [5.74, 6) is 0. The third kappa shape index (κ3) is 4.05. The highest BCUT2D eigenvalue weighted by Crippen LogP contribution is 2.46. The van der Waals surface area contributed by atoms with Crippen molar-refractivity contribution in [2.24, 2.45) is 0 Å². The maximum atomic E-state index is 9.71. The van der Waals surface area contributed by atoms with Gasteiger partial charge in [-0.1, -0.05) is 121 Å². The summed E-state index contributed by atoms with van der Waals surface area (Å²) in [4.78, 5) is 1.82. The lowest BCUT2D eigenvalue weighted by molar-refractivity contribution is 0.672. The number of fused-ring (bicyclic) bond motifs is 5. The van der Waals surface area contributed by atoms with Crippen molar-refractivity contribution < 1.29 is 15.4 Å². The zero-order valence-corrected chi connectivity index (χ0v) is 22.3. The van der Waals surface area contributed by atoms with Crippen LogP contribution in [0.4, 0.5) is 17.1 Å². The summed E-state index contributed by atoms with van der Waals surface area (Å²) in [6, 6.07) is 33.4. The third-order valence-corrected chi connectivity index (χ3v) is 7.45. The second-order valence-electron chi connectivity index (χ2n) is 9.93. The first-order valence-electron chi connectivity index (χ1n) is 17.6. The summed E-state index contributed by atoms with van der Waals surface area (Å²) in [7, 11) is 0. The maximum absolute atomic E-state index is 9.71. The average molecular weight is 546 g/mol. The molecule has 0 unspecified atom stereocenters. The van der Waals surface area contributed by atoms with Crippen molar-refractivity contribution in [2.75, 3.05) is 4.90 Å². The molecular weight excluding hydrogens is 510 g/mol. The van der Waals surface area contributed by atoms with Gasteiger partial charge in [0.15, 0.2) is 0 Å². The van der Waals surface area contributed by atoms with Gasteiger partial charge in [-0.25, -0.2) is 0 Å². The largest absolute Gasteiger partial charge is 0.455 e. The molecule has 0 atom stereocenters. The molecule has 0 saturated carbocycles. The smallest absolute Gasteiger partial charge is 0.143 e. The molecule has 42 heavy (non-hydrogen) atoms. The molecule has 0 spiro atoms. The van der Waals surface area contributed by atoms with Crippen LogP contribution in [0.3, 0.4) is 0 Å². The Hall–Kier alpha value is -5.60. The Morgan fingerprint density at radius 1 is 0.500 bits per heavy atom. The molecule has 2 heteroatoms. The zero-order valence-electron chi connectivity index (χ0n) is 30.3. The lowest BCUT2D eigenvalue weighted by Crippen LogP contribution is -2.10. The van der Waals surface area contributed by atoms with E-state index in [9.17, 15) is 2.74 Å². The summed E-state index contributed by atoms with van der Waals surface area (Å²) < 4.78 is 78.3. The molecule has 2 nitrogen and oxygen atoms in total. The first-order chi connectivity index (χ1) is 24.2. The van der Waals surface area contributed by atoms with Crippen LogP contribution >= 0.6 is 0 Å². The van der Waals surface area contributed by atoms with Crippen molar-refractivity contribution in [3.8, 4) is 22.3 Å². The Labute approximate surface area is 255 Å². The summed E-state index contributed by atoms with van der Waals surface area (Å²) in [5, 5.41) is 0.619. The van der Waals surface area contributed by atoms with E-state index in [1.54, 1.807) is 24.3 Å². The van der Waals surface area contributed by atoms with Crippen molar-refractivity contribution in [3.63, 3.8) is 0 Å². The molecule has 8 rings (SSSR count). The topological polar surface area (TPSA) is 16.4 Å². The van der Waals surface area contributed by atoms with E-state index in [-0.39, 0.29) is 80.2 Å². The van der Waals surface area contributed by atoms with Crippen LogP contribution in [0.15, 0.2) is 168 Å². The van der Waals surface area contributed by atoms with Crippen molar-refractivity contribution in [3.05, 3.63) is 164 Å². The highest BCUT2D eigenvalue weighted by molar-refractivity contribution is 6.22. The predicted molar refractivity (Wildman–Crippen MR) is 177 cm³/mol. The van der Waals surface area contributed by atoms with Crippen molar-refractivity contribution in [1.82, 2.24) is 0 Å². The highest BCUT2D eigenvalue weighted by atomic mass is 16.3. The van der Waals surface area contributed by atoms with Crippen LogP contribution in [0.2, 0.25) is 0 Å². The number of benzene rings is 7. The molecule has 0 radical (unpaired) electrons. The third-order valence-electron chi connectivity index (χ3n) is 7.45. The van der Waals surface area contributed by atoms with Gasteiger partial charge in [-0.05, 0) is 70.0 Å². The molecule has 198 valence electrons. The minimum atomic E-state index is -0.459. The van der Waals surface area contributed by atoms with Crippen molar-refractivity contribution in [1.29, 1.82) is 0 Å². The van der Waals surface area contributed by atoms with Gasteiger partial charge in [0.2, 0.25) is 0 Å². The number of anilines is 3. The van der Waals surface area contributed by atoms with Gasteiger partial charge >= 0.3 is 0 Å². The molecular formula is C40H27NO. The van der Waals surface area contributed by atoms with Crippen LogP contribution in [-0.4, -0.2) is 0 Å². The Morgan fingerprint density at radius 2 is 1.10 bits per heavy atom. The number of hydrogen-bond donors (Lipinski definition) is 0. The van der Waals surface area contributed by atoms with Crippen molar-refractivity contribution in [2.45, 2.75) is 0 Å². The monoisotopic (exact) mass is 545 g/mol. The number of nitrogens with zero attached hydrogens (tertiary/aromatic N) is 1. The Balaban J connectivity index is 1.55. The first-order valence-corrected chi connectivity index (χ1v) is 13.6. The molecule has 0 bridgehead atoms. The van der Waals surface area contributed by atoms with Gasteiger partial charge < -0.3 is 9.32 Å². The molecule has 1 aromatic heterocycles. The second-order valence-corrected chi connectivity index (χ2v) is 9.93. The second kappa shape index (κ2) is 10.1. The first kappa shape index (κ1) is 17.3. The highest BCUT2D eigenvalue weighted by Gasteiger charge is 2.21. The zero-order chi connectivity index (χ0) is 34.8. The molecule has 0 saturated heterocycles. The fraction of sp³-hybridized carbons (Fsp3) is 0. The van der Waals surface area contributed by atoms with Gasteiger partial charge in [-0.2, -0.15) is 0 Å². The molecule has 0 fully saturated rings. The lowest BCUT2D eigenvalue weighted by atomic mass is 9.95. The van der Waals surface area contributed by atoms with E-state index in [1.807, 2.05) is 95.9 Å². The summed E-state index contributed by atoms with van der Waals surface area (Å²) in [6.45, 7) is 0. The number of hydrogen-bond acceptors (Lipinski definition) is 2. The minimum Gasteiger partial charge on any atom is -0.455 e. The van der Waals surface area contributed by atoms with Crippen LogP contribution in [0, 0.1) is 0 Å². The molecule has 0 amide bonds.